The predicted molar refractivity (Wildman–Crippen MR) is 179 cm³/mol. The second kappa shape index (κ2) is 24.9. The highest BCUT2D eigenvalue weighted by atomic mass is 31.3. The molecule has 2 rings (SSSR count). The van der Waals surface area contributed by atoms with E-state index in [0.717, 1.165) is 0 Å². The second-order valence-electron chi connectivity index (χ2n) is 13.0. The van der Waals surface area contributed by atoms with Crippen LogP contribution in [0.25, 0.3) is 0 Å². The van der Waals surface area contributed by atoms with Crippen molar-refractivity contribution in [1.82, 2.24) is 9.13 Å². The molecule has 0 radical (unpaired) electrons. The van der Waals surface area contributed by atoms with E-state index in [4.69, 9.17) is 0 Å². The third-order valence-electron chi connectivity index (χ3n) is 7.26. The van der Waals surface area contributed by atoms with E-state index < -0.39 is 60.3 Å². The average molecular weight is 1000 g/mol. The second-order valence-corrected chi connectivity index (χ2v) is 17.5. The highest BCUT2D eigenvalue weighted by Gasteiger charge is 2.71. The molecule has 0 aliphatic heterocycles. The van der Waals surface area contributed by atoms with Gasteiger partial charge in [-0.25, -0.2) is 41.0 Å². The van der Waals surface area contributed by atoms with E-state index in [1.807, 2.05) is 13.6 Å². The van der Waals surface area contributed by atoms with Gasteiger partial charge in [0.15, 0.2) is 0 Å². The summed E-state index contributed by atoms with van der Waals surface area (Å²) in [6.45, 7) is 6.87. The van der Waals surface area contributed by atoms with Gasteiger partial charge < -0.3 is 14.4 Å². The summed E-state index contributed by atoms with van der Waals surface area (Å²) in [5, 5.41) is 0. The maximum Gasteiger partial charge on any atom is 0.493 e. The van der Waals surface area contributed by atoms with E-state index in [9.17, 15) is 89.3 Å². The Morgan fingerprint density at radius 1 is 0.484 bits per heavy atom. The molecule has 366 valence electrons. The molecule has 2 heterocycles. The Labute approximate surface area is 345 Å². The Balaban J connectivity index is 0.00000107. The Bertz CT molecular complexity index is 1650. The van der Waals surface area contributed by atoms with Crippen LogP contribution in [0.3, 0.4) is 0 Å². The minimum atomic E-state index is -8.55. The Hall–Kier alpha value is -2.22. The summed E-state index contributed by atoms with van der Waals surface area (Å²) in [6, 6.07) is 0. The van der Waals surface area contributed by atoms with Crippen LogP contribution in [-0.4, -0.2) is 46.0 Å². The van der Waals surface area contributed by atoms with E-state index in [2.05, 4.69) is 92.3 Å². The quantitative estimate of drug-likeness (QED) is 0.0429. The number of halogens is 15. The lowest BCUT2D eigenvalue weighted by molar-refractivity contribution is -0.671. The van der Waals surface area contributed by atoms with Crippen molar-refractivity contribution in [3.63, 3.8) is 0 Å². The summed E-state index contributed by atoms with van der Waals surface area (Å²) < 4.78 is 238. The van der Waals surface area contributed by atoms with Gasteiger partial charge in [-0.1, -0.05) is 65.2 Å². The van der Waals surface area contributed by atoms with Crippen LogP contribution in [0.1, 0.15) is 90.9 Å². The van der Waals surface area contributed by atoms with Crippen molar-refractivity contribution in [3.05, 3.63) is 37.4 Å². The molecule has 0 N–H and O–H groups in total. The zero-order valence-electron chi connectivity index (χ0n) is 33.2. The smallest absolute Gasteiger partial charge is 0.493 e. The summed E-state index contributed by atoms with van der Waals surface area (Å²) in [5.74, 6) is 0. The van der Waals surface area contributed by atoms with Crippen LogP contribution in [0, 0.1) is 0 Å². The molecule has 2 aromatic heterocycles. The Morgan fingerprint density at radius 3 is 1.03 bits per heavy atom. The lowest BCUT2D eigenvalue weighted by atomic mass is 10.1. The number of aryl methyl sites for hydroxylation is 4. The molecule has 0 amide bonds. The van der Waals surface area contributed by atoms with Gasteiger partial charge >= 0.3 is 52.5 Å². The molecule has 2 aromatic rings. The number of hydrogen-bond donors (Lipinski definition) is 0. The van der Waals surface area contributed by atoms with Crippen molar-refractivity contribution in [2.75, 3.05) is 0 Å². The van der Waals surface area contributed by atoms with Crippen LogP contribution in [-0.2, 0) is 63.1 Å². The first kappa shape index (κ1) is 59.8. The van der Waals surface area contributed by atoms with E-state index >= 15 is 0 Å². The van der Waals surface area contributed by atoms with Crippen molar-refractivity contribution in [2.24, 2.45) is 14.1 Å². The van der Waals surface area contributed by atoms with E-state index in [0.29, 0.717) is 0 Å². The summed E-state index contributed by atoms with van der Waals surface area (Å²) in [5.41, 5.74) is 0. The number of imidazole rings is 2. The highest BCUT2D eigenvalue weighted by Crippen LogP contribution is 2.74. The van der Waals surface area contributed by atoms with Crippen molar-refractivity contribution < 1.29 is 121 Å². The molecule has 0 aromatic carbocycles. The molecule has 0 fully saturated rings. The van der Waals surface area contributed by atoms with Gasteiger partial charge in [-0.15, -0.1) is 0 Å². The van der Waals surface area contributed by atoms with Gasteiger partial charge in [-0.3, -0.25) is 4.31 Å². The lowest BCUT2D eigenvalue weighted by Gasteiger charge is -2.35. The lowest BCUT2D eigenvalue weighted by Crippen LogP contribution is -2.42. The molecular weight excluding hydrogens is 954 g/mol. The van der Waals surface area contributed by atoms with Gasteiger partial charge in [0, 0.05) is 0 Å². The fraction of sp³-hybridized carbons (Fsp3) is 0.800. The number of aromatic nitrogens is 4. The third-order valence-corrected chi connectivity index (χ3v) is 11.8. The van der Waals surface area contributed by atoms with Crippen LogP contribution < -0.4 is 18.9 Å². The van der Waals surface area contributed by atoms with Gasteiger partial charge in [0.1, 0.15) is 24.8 Å². The minimum Gasteiger partial charge on any atom is -0.789 e. The van der Waals surface area contributed by atoms with Crippen molar-refractivity contribution >= 4 is 23.5 Å². The summed E-state index contributed by atoms with van der Waals surface area (Å²) >= 11 is 0. The van der Waals surface area contributed by atoms with Gasteiger partial charge in [0.2, 0.25) is 12.7 Å². The number of hydrogen-bond acceptors (Lipinski definition) is 10. The fourth-order valence-corrected chi connectivity index (χ4v) is 8.41. The molecule has 0 spiro atoms. The molecule has 0 aliphatic carbocycles. The maximum atomic E-state index is 12.9. The standard InChI is InChI=1S/2C12H23N2.C6H2F15O10P3/c2*1-3-4-5-6-7-8-9-14-11-10-13(2)12-14;7-1(8,9)4(16,17)27-33(25,28-5(18,19)2(10,11)12)31-34(26,30-32(22,23)24)29-6(20,21)3(13,14)15/h2*10-12H,3-9H2,1-2H3;(H2,22,23,24)/q2*+1;/p-2. The molecule has 1 unspecified atom stereocenters. The first-order valence-electron chi connectivity index (χ1n) is 18.1. The number of nitrogens with zero attached hydrogens (tertiary/aromatic N) is 4. The number of alkyl halides is 15. The van der Waals surface area contributed by atoms with Gasteiger partial charge in [0.05, 0.1) is 35.0 Å². The fourth-order valence-electron chi connectivity index (χ4n) is 4.34. The molecule has 32 heteroatoms. The summed E-state index contributed by atoms with van der Waals surface area (Å²) in [4.78, 5) is 20.6. The molecule has 0 aliphatic rings. The first-order valence-corrected chi connectivity index (χ1v) is 22.4. The van der Waals surface area contributed by atoms with Crippen molar-refractivity contribution in [3.8, 4) is 0 Å². The predicted octanol–water partition coefficient (Wildman–Crippen LogP) is 9.93. The Kier molecular flexibility index (Phi) is 24.0. The molecule has 1 atom stereocenters. The zero-order chi connectivity index (χ0) is 48.5. The molecule has 0 saturated carbocycles. The number of phosphoric acid groups is 3. The largest absolute Gasteiger partial charge is 0.789 e. The SMILES string of the molecule is CCCCCCCCn1cc[n+](C)c1.CCCCCCCCn1cc[n+](C)c1.O=P([O-])([O-])OP(=O)(OC(F)(F)C(F)(F)F)OP(=O)(OC(F)(F)C(F)(F)F)OC(F)(F)C(F)(F)F. The van der Waals surface area contributed by atoms with Crippen LogP contribution in [0.15, 0.2) is 37.4 Å². The number of rotatable bonds is 24. The zero-order valence-corrected chi connectivity index (χ0v) is 35.9. The molecule has 14 nitrogen and oxygen atoms in total. The van der Waals surface area contributed by atoms with Crippen LogP contribution in [0.4, 0.5) is 65.9 Å². The van der Waals surface area contributed by atoms with Crippen LogP contribution in [0.5, 0.6) is 0 Å². The molecular formula is C30H46F15N4O10P3. The topological polar surface area (TPSA) is 161 Å². The first-order chi connectivity index (χ1) is 27.9. The normalized spacial score (nSPS) is 14.5. The average Bonchev–Trinajstić information content (AvgIpc) is 3.67. The monoisotopic (exact) mass is 1000 g/mol. The highest BCUT2D eigenvalue weighted by molar-refractivity contribution is 7.66. The number of unbranched alkanes of at least 4 members (excludes halogenated alkanes) is 10. The summed E-state index contributed by atoms with van der Waals surface area (Å²) in [6.07, 6.45) is -14.4. The Morgan fingerprint density at radius 2 is 0.774 bits per heavy atom. The maximum absolute atomic E-state index is 12.9. The summed E-state index contributed by atoms with van der Waals surface area (Å²) in [7, 11) is -20.1. The molecule has 62 heavy (non-hydrogen) atoms. The number of phosphoric ester groups is 1. The van der Waals surface area contributed by atoms with Gasteiger partial charge in [0.25, 0.3) is 0 Å². The molecule has 0 bridgehead atoms. The van der Waals surface area contributed by atoms with E-state index in [1.165, 1.54) is 90.1 Å². The van der Waals surface area contributed by atoms with Crippen molar-refractivity contribution in [2.45, 2.75) is 141 Å². The van der Waals surface area contributed by atoms with Gasteiger partial charge in [-0.2, -0.15) is 70.2 Å². The van der Waals surface area contributed by atoms with Crippen LogP contribution in [0.2, 0.25) is 0 Å². The molecule has 0 saturated heterocycles. The van der Waals surface area contributed by atoms with E-state index in [1.54, 1.807) is 0 Å². The van der Waals surface area contributed by atoms with Gasteiger partial charge in [-0.05, 0) is 25.7 Å². The minimum absolute atomic E-state index is 1.17. The van der Waals surface area contributed by atoms with Crippen LogP contribution >= 0.6 is 23.5 Å². The van der Waals surface area contributed by atoms with Crippen molar-refractivity contribution in [1.29, 1.82) is 0 Å². The van der Waals surface area contributed by atoms with E-state index in [-0.39, 0.29) is 0 Å². The third kappa shape index (κ3) is 23.6.